The van der Waals surface area contributed by atoms with Crippen LogP contribution in [0.15, 0.2) is 22.7 Å². The van der Waals surface area contributed by atoms with Gasteiger partial charge in [0.1, 0.15) is 23.5 Å². The summed E-state index contributed by atoms with van der Waals surface area (Å²) in [4.78, 5) is 25.2. The summed E-state index contributed by atoms with van der Waals surface area (Å²) in [5.74, 6) is -0.433. The molecule has 2 unspecified atom stereocenters. The number of hydrogen-bond acceptors (Lipinski definition) is 4. The van der Waals surface area contributed by atoms with Crippen LogP contribution >= 0.6 is 15.9 Å². The number of rotatable bonds is 3. The molecule has 6 nitrogen and oxygen atoms in total. The highest BCUT2D eigenvalue weighted by Gasteiger charge is 2.42. The van der Waals surface area contributed by atoms with Gasteiger partial charge in [-0.25, -0.2) is 9.59 Å². The summed E-state index contributed by atoms with van der Waals surface area (Å²) in [5.41, 5.74) is 0.480. The maximum absolute atomic E-state index is 12.4. The lowest BCUT2D eigenvalue weighted by atomic mass is 9.87. The number of likely N-dealkylation sites (tertiary alicyclic amines) is 1. The highest BCUT2D eigenvalue weighted by molar-refractivity contribution is 9.10. The van der Waals surface area contributed by atoms with Gasteiger partial charge in [-0.1, -0.05) is 26.8 Å². The van der Waals surface area contributed by atoms with E-state index in [0.717, 1.165) is 10.0 Å². The first-order valence-corrected chi connectivity index (χ1v) is 9.76. The number of aliphatic carboxylic acids is 1. The van der Waals surface area contributed by atoms with E-state index in [1.54, 1.807) is 20.8 Å². The Hall–Kier alpha value is -1.76. The molecule has 1 amide bonds. The number of amides is 1. The van der Waals surface area contributed by atoms with Crippen molar-refractivity contribution in [3.05, 3.63) is 28.2 Å². The highest BCUT2D eigenvalue weighted by Crippen LogP contribution is 2.34. The Morgan fingerprint density at radius 1 is 1.19 bits per heavy atom. The summed E-state index contributed by atoms with van der Waals surface area (Å²) in [6, 6.07) is 4.91. The van der Waals surface area contributed by atoms with Gasteiger partial charge in [0.05, 0.1) is 11.0 Å². The largest absolute Gasteiger partial charge is 0.487 e. The van der Waals surface area contributed by atoms with Crippen molar-refractivity contribution in [1.29, 1.82) is 0 Å². The van der Waals surface area contributed by atoms with Crippen LogP contribution < -0.4 is 4.74 Å². The second-order valence-electron chi connectivity index (χ2n) is 8.86. The molecule has 0 aliphatic carbocycles. The molecule has 0 bridgehead atoms. The average molecular weight is 442 g/mol. The van der Waals surface area contributed by atoms with Crippen LogP contribution in [0.5, 0.6) is 5.75 Å². The van der Waals surface area contributed by atoms with Crippen LogP contribution in [0.1, 0.15) is 53.5 Å². The first-order chi connectivity index (χ1) is 12.3. The third-order valence-corrected chi connectivity index (χ3v) is 4.89. The van der Waals surface area contributed by atoms with Gasteiger partial charge in [-0.15, -0.1) is 0 Å². The molecule has 1 fully saturated rings. The van der Waals surface area contributed by atoms with E-state index >= 15 is 0 Å². The van der Waals surface area contributed by atoms with E-state index < -0.39 is 29.8 Å². The van der Waals surface area contributed by atoms with Crippen molar-refractivity contribution in [2.24, 2.45) is 0 Å². The molecule has 7 heteroatoms. The van der Waals surface area contributed by atoms with Crippen molar-refractivity contribution in [1.82, 2.24) is 4.90 Å². The number of carboxylic acids is 1. The molecular weight excluding hydrogens is 414 g/mol. The number of halogens is 1. The molecule has 2 rings (SSSR count). The molecule has 0 saturated carbocycles. The lowest BCUT2D eigenvalue weighted by molar-refractivity contribution is -0.142. The topological polar surface area (TPSA) is 76.1 Å². The number of benzene rings is 1. The summed E-state index contributed by atoms with van der Waals surface area (Å²) < 4.78 is 12.1. The van der Waals surface area contributed by atoms with Crippen molar-refractivity contribution in [3.8, 4) is 5.75 Å². The van der Waals surface area contributed by atoms with Gasteiger partial charge < -0.3 is 14.6 Å². The molecule has 0 aromatic heterocycles. The predicted molar refractivity (Wildman–Crippen MR) is 106 cm³/mol. The Bertz CT molecular complexity index is 720. The zero-order valence-electron chi connectivity index (χ0n) is 16.7. The van der Waals surface area contributed by atoms with Crippen LogP contribution in [-0.4, -0.2) is 46.4 Å². The SMILES string of the molecule is CC(C)(C)OC(=O)N1CC(Oc2ccc(C(C)(C)C)cc2Br)CC1C(=O)O. The monoisotopic (exact) mass is 441 g/mol. The number of carbonyl (C=O) groups excluding carboxylic acids is 1. The minimum absolute atomic E-state index is 0.0102. The maximum Gasteiger partial charge on any atom is 0.411 e. The summed E-state index contributed by atoms with van der Waals surface area (Å²) in [7, 11) is 0. The Morgan fingerprint density at radius 3 is 2.30 bits per heavy atom. The molecule has 0 radical (unpaired) electrons. The maximum atomic E-state index is 12.4. The second kappa shape index (κ2) is 7.70. The summed E-state index contributed by atoms with van der Waals surface area (Å²) in [6.45, 7) is 11.8. The van der Waals surface area contributed by atoms with Crippen molar-refractivity contribution >= 4 is 28.0 Å². The van der Waals surface area contributed by atoms with E-state index in [1.165, 1.54) is 4.90 Å². The number of carbonyl (C=O) groups is 2. The molecule has 2 atom stereocenters. The average Bonchev–Trinajstić information content (AvgIpc) is 2.91. The normalized spacial score (nSPS) is 20.5. The highest BCUT2D eigenvalue weighted by atomic mass is 79.9. The van der Waals surface area contributed by atoms with Crippen molar-refractivity contribution in [2.75, 3.05) is 6.54 Å². The molecule has 1 aliphatic rings. The van der Waals surface area contributed by atoms with E-state index in [2.05, 4.69) is 36.7 Å². The molecule has 0 spiro atoms. The molecule has 1 aliphatic heterocycles. The van der Waals surface area contributed by atoms with Crippen LogP contribution in [0.3, 0.4) is 0 Å². The molecule has 1 aromatic carbocycles. The fourth-order valence-corrected chi connectivity index (χ4v) is 3.35. The molecule has 150 valence electrons. The third kappa shape index (κ3) is 5.61. The van der Waals surface area contributed by atoms with Gasteiger partial charge >= 0.3 is 12.1 Å². The predicted octanol–water partition coefficient (Wildman–Crippen LogP) is 4.59. The summed E-state index contributed by atoms with van der Waals surface area (Å²) in [6.07, 6.45) is -0.847. The van der Waals surface area contributed by atoms with Gasteiger partial charge in [-0.2, -0.15) is 0 Å². The van der Waals surface area contributed by atoms with Crippen LogP contribution in [0.25, 0.3) is 0 Å². The zero-order chi connectivity index (χ0) is 20.6. The lowest BCUT2D eigenvalue weighted by Gasteiger charge is -2.26. The fraction of sp³-hybridized carbons (Fsp3) is 0.600. The smallest absolute Gasteiger partial charge is 0.411 e. The molecule has 1 saturated heterocycles. The van der Waals surface area contributed by atoms with Crippen LogP contribution in [0.2, 0.25) is 0 Å². The number of nitrogens with zero attached hydrogens (tertiary/aromatic N) is 1. The van der Waals surface area contributed by atoms with E-state index in [9.17, 15) is 14.7 Å². The van der Waals surface area contributed by atoms with E-state index in [0.29, 0.717) is 5.75 Å². The fourth-order valence-electron chi connectivity index (χ4n) is 2.88. The first-order valence-electron chi connectivity index (χ1n) is 8.97. The van der Waals surface area contributed by atoms with Crippen molar-refractivity contribution in [2.45, 2.75) is 71.1 Å². The van der Waals surface area contributed by atoms with E-state index in [-0.39, 0.29) is 18.4 Å². The standard InChI is InChI=1S/C20H28BrNO5/c1-19(2,3)12-7-8-16(14(21)9-12)26-13-10-15(17(23)24)22(11-13)18(25)27-20(4,5)6/h7-9,13,15H,10-11H2,1-6H3,(H,23,24). The summed E-state index contributed by atoms with van der Waals surface area (Å²) >= 11 is 3.53. The molecule has 1 heterocycles. The van der Waals surface area contributed by atoms with Crippen molar-refractivity contribution in [3.63, 3.8) is 0 Å². The summed E-state index contributed by atoms with van der Waals surface area (Å²) in [5, 5.41) is 9.48. The molecule has 1 N–H and O–H groups in total. The molecule has 27 heavy (non-hydrogen) atoms. The first kappa shape index (κ1) is 21.5. The molecule has 1 aromatic rings. The minimum atomic E-state index is -1.06. The van der Waals surface area contributed by atoms with Crippen LogP contribution in [-0.2, 0) is 14.9 Å². The lowest BCUT2D eigenvalue weighted by Crippen LogP contribution is -2.43. The van der Waals surface area contributed by atoms with Gasteiger partial charge in [0.15, 0.2) is 0 Å². The quantitative estimate of drug-likeness (QED) is 0.741. The number of hydrogen-bond donors (Lipinski definition) is 1. The van der Waals surface area contributed by atoms with Gasteiger partial charge in [0, 0.05) is 6.42 Å². The third-order valence-electron chi connectivity index (χ3n) is 4.27. The van der Waals surface area contributed by atoms with E-state index in [1.807, 2.05) is 18.2 Å². The van der Waals surface area contributed by atoms with Crippen LogP contribution in [0, 0.1) is 0 Å². The second-order valence-corrected chi connectivity index (χ2v) is 9.71. The van der Waals surface area contributed by atoms with Crippen LogP contribution in [0.4, 0.5) is 4.79 Å². The Kier molecular flexibility index (Phi) is 6.14. The zero-order valence-corrected chi connectivity index (χ0v) is 18.3. The van der Waals surface area contributed by atoms with E-state index in [4.69, 9.17) is 9.47 Å². The Morgan fingerprint density at radius 2 is 1.81 bits per heavy atom. The number of carboxylic acid groups (broad SMARTS) is 1. The molecular formula is C20H28BrNO5. The minimum Gasteiger partial charge on any atom is -0.487 e. The van der Waals surface area contributed by atoms with Crippen molar-refractivity contribution < 1.29 is 24.2 Å². The van der Waals surface area contributed by atoms with Gasteiger partial charge in [-0.3, -0.25) is 4.90 Å². The van der Waals surface area contributed by atoms with Gasteiger partial charge in [0.2, 0.25) is 0 Å². The van der Waals surface area contributed by atoms with Gasteiger partial charge in [0.25, 0.3) is 0 Å². The van der Waals surface area contributed by atoms with Gasteiger partial charge in [-0.05, 0) is 59.8 Å². The Balaban J connectivity index is 2.14. The Labute approximate surface area is 169 Å². The number of ether oxygens (including phenoxy) is 2.